The van der Waals surface area contributed by atoms with Crippen molar-refractivity contribution in [2.75, 3.05) is 63.6 Å². The van der Waals surface area contributed by atoms with Gasteiger partial charge in [-0.2, -0.15) is 0 Å². The average molecular weight is 487 g/mol. The molecule has 8 heteroatoms. The van der Waals surface area contributed by atoms with Crippen LogP contribution < -0.4 is 15.5 Å². The number of benzene rings is 2. The first-order valence-electron chi connectivity index (χ1n) is 12.6. The molecular weight excluding hydrogens is 452 g/mol. The van der Waals surface area contributed by atoms with E-state index < -0.39 is 11.8 Å². The summed E-state index contributed by atoms with van der Waals surface area (Å²) in [6.07, 6.45) is 1.03. The van der Waals surface area contributed by atoms with E-state index in [4.69, 9.17) is 0 Å². The largest absolute Gasteiger partial charge is 0.374 e. The number of rotatable bonds is 5. The molecule has 3 aromatic rings. The summed E-state index contributed by atoms with van der Waals surface area (Å²) < 4.78 is 0. The van der Waals surface area contributed by atoms with Crippen molar-refractivity contribution in [1.82, 2.24) is 20.1 Å². The van der Waals surface area contributed by atoms with Crippen LogP contribution in [-0.2, 0) is 16.0 Å². The van der Waals surface area contributed by atoms with Crippen molar-refractivity contribution in [1.29, 1.82) is 0 Å². The van der Waals surface area contributed by atoms with Gasteiger partial charge in [0.1, 0.15) is 0 Å². The SMILES string of the molecule is Cc1cc(NC(=O)C(=O)NC[C@H](c2ccc3c(c2)CCN3C)N2CCN(C)CC2)c2ccccc2n1. The molecule has 5 rings (SSSR count). The van der Waals surface area contributed by atoms with Gasteiger partial charge in [-0.3, -0.25) is 19.5 Å². The zero-order valence-corrected chi connectivity index (χ0v) is 21.3. The fraction of sp³-hybridized carbons (Fsp3) is 0.393. The lowest BCUT2D eigenvalue weighted by molar-refractivity contribution is -0.136. The lowest BCUT2D eigenvalue weighted by atomic mass is 10.00. The summed E-state index contributed by atoms with van der Waals surface area (Å²) in [6, 6.07) is 16.0. The van der Waals surface area contributed by atoms with Gasteiger partial charge in [0.15, 0.2) is 0 Å². The highest BCUT2D eigenvalue weighted by atomic mass is 16.2. The molecule has 0 bridgehead atoms. The molecule has 188 valence electrons. The van der Waals surface area contributed by atoms with Crippen LogP contribution in [0.2, 0.25) is 0 Å². The van der Waals surface area contributed by atoms with E-state index in [9.17, 15) is 9.59 Å². The Morgan fingerprint density at radius 1 is 0.972 bits per heavy atom. The van der Waals surface area contributed by atoms with E-state index in [1.165, 1.54) is 16.8 Å². The summed E-state index contributed by atoms with van der Waals surface area (Å²) in [4.78, 5) is 37.3. The molecule has 2 N–H and O–H groups in total. The number of aryl methyl sites for hydroxylation is 1. The minimum atomic E-state index is -0.668. The summed E-state index contributed by atoms with van der Waals surface area (Å²) in [5, 5.41) is 6.52. The summed E-state index contributed by atoms with van der Waals surface area (Å²) in [7, 11) is 4.25. The number of fused-ring (bicyclic) bond motifs is 2. The number of hydrogen-bond acceptors (Lipinski definition) is 6. The maximum atomic E-state index is 12.9. The highest BCUT2D eigenvalue weighted by molar-refractivity contribution is 6.40. The van der Waals surface area contributed by atoms with Crippen LogP contribution in [0, 0.1) is 6.92 Å². The third-order valence-corrected chi connectivity index (χ3v) is 7.35. The fourth-order valence-electron chi connectivity index (χ4n) is 5.25. The van der Waals surface area contributed by atoms with Crippen LogP contribution in [0.3, 0.4) is 0 Å². The number of pyridine rings is 1. The number of aromatic nitrogens is 1. The number of anilines is 2. The minimum absolute atomic E-state index is 0.00987. The standard InChI is InChI=1S/C28H34N6O2/c1-19-16-24(22-6-4-5-7-23(22)30-19)31-28(36)27(35)29-18-26(34-14-12-32(2)13-15-34)20-8-9-25-21(17-20)10-11-33(25)3/h4-9,16-17,26H,10-15,18H2,1-3H3,(H,29,35)(H,30,31,36)/t26-/m1/s1. The molecule has 8 nitrogen and oxygen atoms in total. The Labute approximate surface area is 212 Å². The number of hydrogen-bond donors (Lipinski definition) is 2. The van der Waals surface area contributed by atoms with Crippen LogP contribution >= 0.6 is 0 Å². The molecule has 3 heterocycles. The van der Waals surface area contributed by atoms with Gasteiger partial charge < -0.3 is 20.4 Å². The van der Waals surface area contributed by atoms with E-state index in [1.54, 1.807) is 6.07 Å². The Kier molecular flexibility index (Phi) is 6.89. The molecule has 0 unspecified atom stereocenters. The first-order valence-corrected chi connectivity index (χ1v) is 12.6. The molecule has 1 atom stereocenters. The van der Waals surface area contributed by atoms with Gasteiger partial charge in [-0.05, 0) is 49.7 Å². The predicted octanol–water partition coefficient (Wildman–Crippen LogP) is 2.58. The van der Waals surface area contributed by atoms with Gasteiger partial charge in [0.25, 0.3) is 0 Å². The number of nitrogens with one attached hydrogen (secondary N) is 2. The summed E-state index contributed by atoms with van der Waals surface area (Å²) in [6.45, 7) is 7.07. The van der Waals surface area contributed by atoms with Crippen LogP contribution in [0.25, 0.3) is 10.9 Å². The number of nitrogens with zero attached hydrogens (tertiary/aromatic N) is 4. The highest BCUT2D eigenvalue weighted by Crippen LogP contribution is 2.31. The molecule has 2 amide bonds. The Morgan fingerprint density at radius 3 is 2.56 bits per heavy atom. The normalized spacial score (nSPS) is 17.1. The number of carbonyl (C=O) groups excluding carboxylic acids is 2. The van der Waals surface area contributed by atoms with Crippen molar-refractivity contribution in [3.05, 3.63) is 65.4 Å². The van der Waals surface area contributed by atoms with Crippen molar-refractivity contribution >= 4 is 34.1 Å². The quantitative estimate of drug-likeness (QED) is 0.540. The van der Waals surface area contributed by atoms with E-state index >= 15 is 0 Å². The van der Waals surface area contributed by atoms with E-state index in [-0.39, 0.29) is 6.04 Å². The fourth-order valence-corrected chi connectivity index (χ4v) is 5.25. The summed E-state index contributed by atoms with van der Waals surface area (Å²) in [5.41, 5.74) is 5.96. The van der Waals surface area contributed by atoms with Gasteiger partial charge in [-0.15, -0.1) is 0 Å². The second-order valence-corrected chi connectivity index (χ2v) is 9.91. The van der Waals surface area contributed by atoms with Crippen molar-refractivity contribution < 1.29 is 9.59 Å². The van der Waals surface area contributed by atoms with Crippen LogP contribution in [0.15, 0.2) is 48.5 Å². The van der Waals surface area contributed by atoms with Gasteiger partial charge in [0.2, 0.25) is 0 Å². The second-order valence-electron chi connectivity index (χ2n) is 9.91. The first kappa shape index (κ1) is 24.2. The predicted molar refractivity (Wildman–Crippen MR) is 143 cm³/mol. The van der Waals surface area contributed by atoms with Gasteiger partial charge in [-0.1, -0.05) is 30.3 Å². The van der Waals surface area contributed by atoms with Crippen molar-refractivity contribution in [3.63, 3.8) is 0 Å². The molecule has 2 aromatic carbocycles. The number of piperazine rings is 1. The molecule has 2 aliphatic heterocycles. The van der Waals surface area contributed by atoms with Crippen molar-refractivity contribution in [3.8, 4) is 0 Å². The number of likely N-dealkylation sites (N-methyl/N-ethyl adjacent to an activating group) is 2. The molecule has 1 fully saturated rings. The monoisotopic (exact) mass is 486 g/mol. The van der Waals surface area contributed by atoms with Gasteiger partial charge in [-0.25, -0.2) is 0 Å². The zero-order valence-electron chi connectivity index (χ0n) is 21.3. The summed E-state index contributed by atoms with van der Waals surface area (Å²) >= 11 is 0. The van der Waals surface area contributed by atoms with Crippen LogP contribution in [0.5, 0.6) is 0 Å². The molecule has 0 saturated carbocycles. The topological polar surface area (TPSA) is 80.8 Å². The second kappa shape index (κ2) is 10.2. The van der Waals surface area contributed by atoms with Gasteiger partial charge >= 0.3 is 11.8 Å². The Hall–Kier alpha value is -3.49. The number of amides is 2. The molecular formula is C28H34N6O2. The molecule has 1 aromatic heterocycles. The molecule has 0 aliphatic carbocycles. The maximum absolute atomic E-state index is 12.9. The molecule has 0 radical (unpaired) electrons. The third kappa shape index (κ3) is 5.05. The number of carbonyl (C=O) groups is 2. The summed E-state index contributed by atoms with van der Waals surface area (Å²) in [5.74, 6) is -1.30. The molecule has 1 saturated heterocycles. The Bertz CT molecular complexity index is 1280. The first-order chi connectivity index (χ1) is 17.4. The van der Waals surface area contributed by atoms with Gasteiger partial charge in [0.05, 0.1) is 17.2 Å². The van der Waals surface area contributed by atoms with E-state index in [0.29, 0.717) is 12.2 Å². The van der Waals surface area contributed by atoms with E-state index in [1.807, 2.05) is 31.2 Å². The molecule has 36 heavy (non-hydrogen) atoms. The minimum Gasteiger partial charge on any atom is -0.374 e. The van der Waals surface area contributed by atoms with Crippen molar-refractivity contribution in [2.45, 2.75) is 19.4 Å². The lowest BCUT2D eigenvalue weighted by Gasteiger charge is -2.38. The van der Waals surface area contributed by atoms with Crippen LogP contribution in [-0.4, -0.2) is 80.0 Å². The third-order valence-electron chi connectivity index (χ3n) is 7.35. The van der Waals surface area contributed by atoms with E-state index in [0.717, 1.165) is 55.7 Å². The smallest absolute Gasteiger partial charge is 0.313 e. The Morgan fingerprint density at radius 2 is 1.75 bits per heavy atom. The van der Waals surface area contributed by atoms with Crippen molar-refractivity contribution in [2.24, 2.45) is 0 Å². The van der Waals surface area contributed by atoms with E-state index in [2.05, 4.69) is 62.6 Å². The number of para-hydroxylation sites is 1. The highest BCUT2D eigenvalue weighted by Gasteiger charge is 2.27. The van der Waals surface area contributed by atoms with Crippen LogP contribution in [0.1, 0.15) is 22.9 Å². The maximum Gasteiger partial charge on any atom is 0.313 e. The average Bonchev–Trinajstić information content (AvgIpc) is 3.25. The molecule has 0 spiro atoms. The lowest BCUT2D eigenvalue weighted by Crippen LogP contribution is -2.49. The van der Waals surface area contributed by atoms with Crippen LogP contribution in [0.4, 0.5) is 11.4 Å². The molecule has 2 aliphatic rings. The van der Waals surface area contributed by atoms with Gasteiger partial charge in [0, 0.05) is 63.1 Å². The zero-order chi connectivity index (χ0) is 25.2. The Balaban J connectivity index is 1.31.